The highest BCUT2D eigenvalue weighted by atomic mass is 15.0. The molecular weight excluding hydrogens is 597 g/mol. The SMILES string of the molecule is c1ccc(-c2nc(-c3ccc4cc(-n5c6ccc7ccccc7c6c6c7ccccc7ccc65)ccc4c3)[nH+]c(-c3ccccc3)[nH+]2)cc1. The molecule has 0 fully saturated rings. The van der Waals surface area contributed by atoms with Crippen LogP contribution in [0.5, 0.6) is 0 Å². The minimum absolute atomic E-state index is 0.809. The van der Waals surface area contributed by atoms with E-state index in [-0.39, 0.29) is 0 Å². The van der Waals surface area contributed by atoms with Gasteiger partial charge in [0.25, 0.3) is 0 Å². The Morgan fingerprint density at radius 2 is 0.898 bits per heavy atom. The fourth-order valence-corrected chi connectivity index (χ4v) is 7.40. The Morgan fingerprint density at radius 1 is 0.388 bits per heavy atom. The van der Waals surface area contributed by atoms with Crippen LogP contribution in [0.15, 0.2) is 170 Å². The van der Waals surface area contributed by atoms with Gasteiger partial charge in [-0.3, -0.25) is 0 Å². The molecule has 0 unspecified atom stereocenters. The zero-order valence-electron chi connectivity index (χ0n) is 26.6. The van der Waals surface area contributed by atoms with Crippen molar-refractivity contribution in [1.82, 2.24) is 9.55 Å². The van der Waals surface area contributed by atoms with Crippen LogP contribution in [0.2, 0.25) is 0 Å². The summed E-state index contributed by atoms with van der Waals surface area (Å²) in [4.78, 5) is 12.2. The van der Waals surface area contributed by atoms with E-state index in [1.54, 1.807) is 0 Å². The van der Waals surface area contributed by atoms with Crippen LogP contribution in [0.4, 0.5) is 0 Å². The number of aromatic nitrogens is 4. The first-order chi connectivity index (χ1) is 24.3. The maximum absolute atomic E-state index is 5.07. The Hall–Kier alpha value is -6.65. The maximum Gasteiger partial charge on any atom is 0.400 e. The van der Waals surface area contributed by atoms with Crippen LogP contribution in [-0.4, -0.2) is 9.55 Å². The second-order valence-corrected chi connectivity index (χ2v) is 12.6. The number of rotatable bonds is 4. The highest BCUT2D eigenvalue weighted by Crippen LogP contribution is 2.41. The summed E-state index contributed by atoms with van der Waals surface area (Å²) in [5.41, 5.74) is 6.69. The second kappa shape index (κ2) is 11.0. The first kappa shape index (κ1) is 27.5. The van der Waals surface area contributed by atoms with Crippen LogP contribution < -0.4 is 9.97 Å². The highest BCUT2D eigenvalue weighted by Gasteiger charge is 2.26. The van der Waals surface area contributed by atoms with Crippen LogP contribution in [0, 0.1) is 0 Å². The van der Waals surface area contributed by atoms with Crippen molar-refractivity contribution in [3.63, 3.8) is 0 Å². The molecule has 0 radical (unpaired) electrons. The lowest BCUT2D eigenvalue weighted by Crippen LogP contribution is -2.27. The Bertz CT molecular complexity index is 2720. The number of H-pyrrole nitrogens is 2. The average molecular weight is 627 g/mol. The van der Waals surface area contributed by atoms with Crippen molar-refractivity contribution in [3.05, 3.63) is 170 Å². The summed E-state index contributed by atoms with van der Waals surface area (Å²) in [6, 6.07) is 60.5. The molecule has 2 aromatic heterocycles. The topological polar surface area (TPSA) is 46.1 Å². The Kier molecular flexibility index (Phi) is 6.15. The van der Waals surface area contributed by atoms with Gasteiger partial charge in [-0.25, -0.2) is 0 Å². The van der Waals surface area contributed by atoms with Gasteiger partial charge < -0.3 is 4.57 Å². The van der Waals surface area contributed by atoms with Crippen molar-refractivity contribution >= 4 is 54.1 Å². The Labute approximate surface area is 282 Å². The molecule has 49 heavy (non-hydrogen) atoms. The van der Waals surface area contributed by atoms with Gasteiger partial charge in [0.05, 0.1) is 32.7 Å². The van der Waals surface area contributed by atoms with Gasteiger partial charge in [0.2, 0.25) is 0 Å². The lowest BCUT2D eigenvalue weighted by atomic mass is 10.00. The van der Waals surface area contributed by atoms with E-state index in [0.717, 1.165) is 45.2 Å². The van der Waals surface area contributed by atoms with Crippen LogP contribution in [0.3, 0.4) is 0 Å². The van der Waals surface area contributed by atoms with E-state index < -0.39 is 0 Å². The standard InChI is InChI=1S/C45H28N4/c1-3-13-31(14-4-1)43-46-44(32-15-5-2-6-16-32)48-45(47-43)35-20-19-34-28-36(24-21-33(34)27-35)49-39-25-22-29-11-7-9-17-37(29)41(39)42-38-18-10-8-12-30(38)23-26-40(42)49/h1-28H/p+2. The van der Waals surface area contributed by atoms with Gasteiger partial charge in [0, 0.05) is 16.5 Å². The highest BCUT2D eigenvalue weighted by molar-refractivity contribution is 6.28. The third-order valence-electron chi connectivity index (χ3n) is 9.72. The van der Waals surface area contributed by atoms with Crippen LogP contribution in [0.1, 0.15) is 0 Å². The molecule has 228 valence electrons. The van der Waals surface area contributed by atoms with Gasteiger partial charge in [-0.1, -0.05) is 109 Å². The fraction of sp³-hybridized carbons (Fsp3) is 0. The van der Waals surface area contributed by atoms with Crippen molar-refractivity contribution in [2.24, 2.45) is 0 Å². The van der Waals surface area contributed by atoms with Gasteiger partial charge in [0.1, 0.15) is 0 Å². The van der Waals surface area contributed by atoms with E-state index in [9.17, 15) is 0 Å². The molecule has 0 aliphatic rings. The minimum atomic E-state index is 0.809. The minimum Gasteiger partial charge on any atom is -0.309 e. The number of benzene rings is 8. The summed E-state index contributed by atoms with van der Waals surface area (Å²) in [5.74, 6) is 2.53. The van der Waals surface area contributed by atoms with Crippen molar-refractivity contribution in [3.8, 4) is 39.9 Å². The third kappa shape index (κ3) is 4.49. The molecule has 0 amide bonds. The summed E-state index contributed by atoms with van der Waals surface area (Å²) >= 11 is 0. The number of fused-ring (bicyclic) bond motifs is 8. The molecule has 0 aliphatic heterocycles. The third-order valence-corrected chi connectivity index (χ3v) is 9.72. The molecule has 4 nitrogen and oxygen atoms in total. The number of aromatic amines is 2. The molecule has 0 saturated carbocycles. The van der Waals surface area contributed by atoms with Crippen molar-refractivity contribution in [2.45, 2.75) is 0 Å². The summed E-state index contributed by atoms with van der Waals surface area (Å²) in [6.07, 6.45) is 0. The first-order valence-electron chi connectivity index (χ1n) is 16.6. The summed E-state index contributed by atoms with van der Waals surface area (Å²) < 4.78 is 2.43. The van der Waals surface area contributed by atoms with Gasteiger partial charge in [0.15, 0.2) is 0 Å². The lowest BCUT2D eigenvalue weighted by Gasteiger charge is -2.10. The Balaban J connectivity index is 1.15. The zero-order valence-corrected chi connectivity index (χ0v) is 26.6. The molecule has 0 atom stereocenters. The number of hydrogen-bond acceptors (Lipinski definition) is 1. The molecule has 2 N–H and O–H groups in total. The van der Waals surface area contributed by atoms with E-state index in [1.165, 1.54) is 48.7 Å². The maximum atomic E-state index is 5.07. The molecular formula is C45H30N4+2. The molecule has 2 heterocycles. The molecule has 0 saturated heterocycles. The lowest BCUT2D eigenvalue weighted by molar-refractivity contribution is -0.501. The summed E-state index contributed by atoms with van der Waals surface area (Å²) in [6.45, 7) is 0. The van der Waals surface area contributed by atoms with Crippen molar-refractivity contribution in [1.29, 1.82) is 0 Å². The van der Waals surface area contributed by atoms with E-state index in [1.807, 2.05) is 24.3 Å². The van der Waals surface area contributed by atoms with Gasteiger partial charge in [-0.05, 0) is 93.0 Å². The van der Waals surface area contributed by atoms with E-state index in [0.29, 0.717) is 0 Å². The predicted molar refractivity (Wildman–Crippen MR) is 201 cm³/mol. The Morgan fingerprint density at radius 3 is 1.55 bits per heavy atom. The van der Waals surface area contributed by atoms with Crippen LogP contribution in [0.25, 0.3) is 94.0 Å². The largest absolute Gasteiger partial charge is 0.400 e. The van der Waals surface area contributed by atoms with Gasteiger partial charge in [-0.15, -0.1) is 0 Å². The van der Waals surface area contributed by atoms with Crippen molar-refractivity contribution in [2.75, 3.05) is 0 Å². The monoisotopic (exact) mass is 626 g/mol. The predicted octanol–water partition coefficient (Wildman–Crippen LogP) is 10.3. The molecule has 0 aliphatic carbocycles. The van der Waals surface area contributed by atoms with E-state index >= 15 is 0 Å². The summed E-state index contributed by atoms with van der Waals surface area (Å²) in [5, 5.41) is 9.98. The molecule has 0 bridgehead atoms. The molecule has 4 heteroatoms. The van der Waals surface area contributed by atoms with E-state index in [2.05, 4.69) is 160 Å². The average Bonchev–Trinajstić information content (AvgIpc) is 3.53. The number of nitrogens with one attached hydrogen (secondary N) is 2. The van der Waals surface area contributed by atoms with Gasteiger partial charge >= 0.3 is 17.5 Å². The van der Waals surface area contributed by atoms with Crippen LogP contribution >= 0.6 is 0 Å². The normalized spacial score (nSPS) is 11.7. The second-order valence-electron chi connectivity index (χ2n) is 12.6. The molecule has 10 aromatic rings. The van der Waals surface area contributed by atoms with Gasteiger partial charge in [-0.2, -0.15) is 9.97 Å². The molecule has 10 rings (SSSR count). The number of nitrogens with zero attached hydrogens (tertiary/aromatic N) is 2. The van der Waals surface area contributed by atoms with E-state index in [4.69, 9.17) is 4.98 Å². The van der Waals surface area contributed by atoms with Crippen molar-refractivity contribution < 1.29 is 9.97 Å². The summed E-state index contributed by atoms with van der Waals surface area (Å²) in [7, 11) is 0. The molecule has 8 aromatic carbocycles. The zero-order chi connectivity index (χ0) is 32.3. The first-order valence-corrected chi connectivity index (χ1v) is 16.6. The molecule has 0 spiro atoms. The quantitative estimate of drug-likeness (QED) is 0.192. The smallest absolute Gasteiger partial charge is 0.309 e. The number of hydrogen-bond donors (Lipinski definition) is 0. The fourth-order valence-electron chi connectivity index (χ4n) is 7.40. The van der Waals surface area contributed by atoms with Crippen LogP contribution in [-0.2, 0) is 0 Å².